The van der Waals surface area contributed by atoms with Crippen LogP contribution in [0.3, 0.4) is 0 Å². The van der Waals surface area contributed by atoms with Gasteiger partial charge in [0.25, 0.3) is 5.91 Å². The number of anilines is 1. The Kier molecular flexibility index (Phi) is 9.86. The number of aromatic nitrogens is 1. The average Bonchev–Trinajstić information content (AvgIpc) is 3.08. The van der Waals surface area contributed by atoms with Crippen LogP contribution >= 0.6 is 11.5 Å². The first kappa shape index (κ1) is 25.5. The molecule has 0 aliphatic rings. The molecule has 1 aromatic carbocycles. The van der Waals surface area contributed by atoms with Crippen LogP contribution in [0.5, 0.6) is 5.88 Å². The van der Waals surface area contributed by atoms with Crippen LogP contribution in [-0.4, -0.2) is 48.4 Å². The highest BCUT2D eigenvalue weighted by atomic mass is 32.1. The highest BCUT2D eigenvalue weighted by Gasteiger charge is 2.22. The maximum absolute atomic E-state index is 14.2. The number of hydrogen-bond donors (Lipinski definition) is 3. The summed E-state index contributed by atoms with van der Waals surface area (Å²) < 4.78 is 23.9. The first-order chi connectivity index (χ1) is 15.2. The number of amides is 3. The van der Waals surface area contributed by atoms with Gasteiger partial charge in [-0.1, -0.05) is 18.9 Å². The van der Waals surface area contributed by atoms with E-state index >= 15 is 0 Å². The van der Waals surface area contributed by atoms with Gasteiger partial charge in [-0.2, -0.15) is 4.37 Å². The molecule has 10 heteroatoms. The number of carbonyl (C=O) groups is 2. The number of unbranched alkanes of at least 4 members (excludes halogenated alkanes) is 3. The molecule has 2 rings (SSSR count). The summed E-state index contributed by atoms with van der Waals surface area (Å²) in [6.07, 6.45) is 4.11. The van der Waals surface area contributed by atoms with Gasteiger partial charge in [0.15, 0.2) is 0 Å². The van der Waals surface area contributed by atoms with Gasteiger partial charge in [0.05, 0.1) is 0 Å². The topological polar surface area (TPSA) is 110 Å². The molecule has 8 nitrogen and oxygen atoms in total. The first-order valence-electron chi connectivity index (χ1n) is 10.6. The second-order valence-electron chi connectivity index (χ2n) is 7.99. The van der Waals surface area contributed by atoms with Crippen molar-refractivity contribution in [2.45, 2.75) is 46.1 Å². The lowest BCUT2D eigenvalue weighted by Gasteiger charge is -2.11. The van der Waals surface area contributed by atoms with Crippen molar-refractivity contribution in [1.82, 2.24) is 14.6 Å². The number of benzene rings is 1. The number of primary amides is 1. The Morgan fingerprint density at radius 3 is 2.56 bits per heavy atom. The van der Waals surface area contributed by atoms with E-state index in [1.165, 1.54) is 6.07 Å². The summed E-state index contributed by atoms with van der Waals surface area (Å²) in [5.41, 5.74) is 7.36. The van der Waals surface area contributed by atoms with E-state index in [4.69, 9.17) is 10.5 Å². The van der Waals surface area contributed by atoms with Crippen LogP contribution in [0.25, 0.3) is 0 Å². The Morgan fingerprint density at radius 2 is 1.91 bits per heavy atom. The van der Waals surface area contributed by atoms with Gasteiger partial charge in [-0.3, -0.25) is 10.1 Å². The van der Waals surface area contributed by atoms with E-state index in [9.17, 15) is 14.0 Å². The van der Waals surface area contributed by atoms with Gasteiger partial charge in [-0.15, -0.1) is 0 Å². The quantitative estimate of drug-likeness (QED) is 0.413. The molecule has 0 radical (unpaired) electrons. The summed E-state index contributed by atoms with van der Waals surface area (Å²) in [7, 11) is 4.09. The second kappa shape index (κ2) is 12.4. The van der Waals surface area contributed by atoms with Crippen molar-refractivity contribution in [1.29, 1.82) is 0 Å². The molecule has 0 spiro atoms. The standard InChI is InChI=1S/C22H32FN5O3S/c1-14-11-15(2)16(17(23)12-14)13-31-20-18(19(24)29)21(32-27-20)26-22(30)25-9-7-5-6-8-10-28(3)4/h11-12H,5-10,13H2,1-4H3,(H2,24,29)(H2,25,26,30). The smallest absolute Gasteiger partial charge is 0.319 e. The molecular weight excluding hydrogens is 433 g/mol. The van der Waals surface area contributed by atoms with Crippen molar-refractivity contribution in [3.63, 3.8) is 0 Å². The lowest BCUT2D eigenvalue weighted by molar-refractivity contribution is 0.0996. The molecule has 2 aromatic rings. The van der Waals surface area contributed by atoms with Crippen LogP contribution < -0.4 is 21.1 Å². The van der Waals surface area contributed by atoms with Crippen LogP contribution in [0.1, 0.15) is 52.7 Å². The van der Waals surface area contributed by atoms with Crippen molar-refractivity contribution in [2.24, 2.45) is 5.73 Å². The summed E-state index contributed by atoms with van der Waals surface area (Å²) in [6.45, 7) is 5.05. The number of urea groups is 1. The van der Waals surface area contributed by atoms with Crippen molar-refractivity contribution >= 4 is 28.5 Å². The summed E-state index contributed by atoms with van der Waals surface area (Å²) >= 11 is 0.886. The van der Waals surface area contributed by atoms with E-state index in [-0.39, 0.29) is 23.1 Å². The van der Waals surface area contributed by atoms with Gasteiger partial charge in [0, 0.05) is 12.1 Å². The van der Waals surface area contributed by atoms with Crippen molar-refractivity contribution < 1.29 is 18.7 Å². The van der Waals surface area contributed by atoms with Crippen molar-refractivity contribution in [3.05, 3.63) is 40.2 Å². The highest BCUT2D eigenvalue weighted by Crippen LogP contribution is 2.31. The van der Waals surface area contributed by atoms with E-state index in [0.29, 0.717) is 12.1 Å². The predicted molar refractivity (Wildman–Crippen MR) is 125 cm³/mol. The third kappa shape index (κ3) is 7.76. The number of nitrogens with one attached hydrogen (secondary N) is 2. The fourth-order valence-corrected chi connectivity index (χ4v) is 3.94. The molecule has 0 bridgehead atoms. The summed E-state index contributed by atoms with van der Waals surface area (Å²) in [5.74, 6) is -1.21. The predicted octanol–water partition coefficient (Wildman–Crippen LogP) is 3.82. The van der Waals surface area contributed by atoms with Crippen LogP contribution in [0.4, 0.5) is 14.2 Å². The molecule has 0 unspecified atom stereocenters. The maximum atomic E-state index is 14.2. The molecule has 0 atom stereocenters. The fourth-order valence-electron chi connectivity index (χ4n) is 3.20. The van der Waals surface area contributed by atoms with Gasteiger partial charge >= 0.3 is 6.03 Å². The zero-order valence-corrected chi connectivity index (χ0v) is 19.9. The number of carbonyl (C=O) groups excluding carboxylic acids is 2. The van der Waals surface area contributed by atoms with Gasteiger partial charge in [0.1, 0.15) is 23.0 Å². The molecule has 3 amide bonds. The normalized spacial score (nSPS) is 10.9. The molecule has 0 saturated heterocycles. The number of ether oxygens (including phenoxy) is 1. The monoisotopic (exact) mass is 465 g/mol. The third-order valence-corrected chi connectivity index (χ3v) is 5.61. The van der Waals surface area contributed by atoms with E-state index < -0.39 is 17.8 Å². The minimum absolute atomic E-state index is 0.0287. The summed E-state index contributed by atoms with van der Waals surface area (Å²) in [4.78, 5) is 26.3. The van der Waals surface area contributed by atoms with Crippen molar-refractivity contribution in [3.8, 4) is 5.88 Å². The van der Waals surface area contributed by atoms with Crippen LogP contribution in [0.15, 0.2) is 12.1 Å². The zero-order valence-electron chi connectivity index (χ0n) is 19.1. The van der Waals surface area contributed by atoms with Crippen molar-refractivity contribution in [2.75, 3.05) is 32.5 Å². The van der Waals surface area contributed by atoms with Gasteiger partial charge in [-0.05, 0) is 76.1 Å². The molecular formula is C22H32FN5O3S. The lowest BCUT2D eigenvalue weighted by atomic mass is 10.1. The minimum Gasteiger partial charge on any atom is -0.471 e. The summed E-state index contributed by atoms with van der Waals surface area (Å²) in [5, 5.41) is 5.55. The van der Waals surface area contributed by atoms with Gasteiger partial charge < -0.3 is 20.7 Å². The Morgan fingerprint density at radius 1 is 1.19 bits per heavy atom. The highest BCUT2D eigenvalue weighted by molar-refractivity contribution is 7.11. The zero-order chi connectivity index (χ0) is 23.7. The average molecular weight is 466 g/mol. The number of hydrogen-bond acceptors (Lipinski definition) is 6. The molecule has 0 aliphatic carbocycles. The van der Waals surface area contributed by atoms with Gasteiger partial charge in [-0.25, -0.2) is 9.18 Å². The van der Waals surface area contributed by atoms with Crippen LogP contribution in [-0.2, 0) is 6.61 Å². The number of halogens is 1. The number of aryl methyl sites for hydroxylation is 2. The summed E-state index contributed by atoms with van der Waals surface area (Å²) in [6, 6.07) is 2.81. The Labute approximate surface area is 192 Å². The lowest BCUT2D eigenvalue weighted by Crippen LogP contribution is -2.30. The number of nitrogens with zero attached hydrogens (tertiary/aromatic N) is 2. The molecule has 0 fully saturated rings. The molecule has 0 aliphatic heterocycles. The van der Waals surface area contributed by atoms with E-state index in [2.05, 4.69) is 19.9 Å². The van der Waals surface area contributed by atoms with E-state index in [1.54, 1.807) is 13.8 Å². The Hall–Kier alpha value is -2.72. The Balaban J connectivity index is 1.90. The molecule has 32 heavy (non-hydrogen) atoms. The SMILES string of the molecule is Cc1cc(C)c(COc2nsc(NC(=O)NCCCCCCN(C)C)c2C(N)=O)c(F)c1. The molecule has 0 saturated carbocycles. The molecule has 1 heterocycles. The van der Waals surface area contributed by atoms with E-state index in [1.807, 2.05) is 20.2 Å². The first-order valence-corrected chi connectivity index (χ1v) is 11.3. The third-order valence-electron chi connectivity index (χ3n) is 4.87. The van der Waals surface area contributed by atoms with Crippen LogP contribution in [0.2, 0.25) is 0 Å². The largest absolute Gasteiger partial charge is 0.471 e. The second-order valence-corrected chi connectivity index (χ2v) is 8.76. The van der Waals surface area contributed by atoms with Crippen LogP contribution in [0, 0.1) is 19.7 Å². The Bertz CT molecular complexity index is 909. The molecule has 176 valence electrons. The maximum Gasteiger partial charge on any atom is 0.319 e. The molecule has 4 N–H and O–H groups in total. The number of rotatable bonds is 12. The number of nitrogens with two attached hydrogens (primary N) is 1. The van der Waals surface area contributed by atoms with Gasteiger partial charge in [0.2, 0.25) is 5.88 Å². The van der Waals surface area contributed by atoms with E-state index in [0.717, 1.165) is 54.9 Å². The minimum atomic E-state index is -0.786. The molecule has 1 aromatic heterocycles. The fraction of sp³-hybridized carbons (Fsp3) is 0.500.